The summed E-state index contributed by atoms with van der Waals surface area (Å²) in [4.78, 5) is 7.72. The van der Waals surface area contributed by atoms with Gasteiger partial charge in [0.2, 0.25) is 0 Å². The number of rotatable bonds is 15. The number of hydrogen-bond donors (Lipinski definition) is 0. The number of benzene rings is 8. The molecule has 2 aliphatic rings. The van der Waals surface area contributed by atoms with Crippen molar-refractivity contribution in [3.63, 3.8) is 0 Å². The molecule has 3 heterocycles. The Balaban J connectivity index is 1.20. The first-order valence-electron chi connectivity index (χ1n) is 26.6. The van der Waals surface area contributed by atoms with Gasteiger partial charge >= 0.3 is 0 Å². The summed E-state index contributed by atoms with van der Waals surface area (Å²) < 4.78 is 2.72. The SMILES string of the molecule is CCCCCc1ccc2c(c1)B1c3ccc(N(c4ccccc4)c4ccccc4)cc3N(c3ccc(CCCC)cc3)c3cc(C)cc(c31)N2c1cc(CCCC)cc2c1sc1ccc(C(C)(C)C)cc12. The second-order valence-corrected chi connectivity index (χ2v) is 22.4. The van der Waals surface area contributed by atoms with E-state index < -0.39 is 0 Å². The van der Waals surface area contributed by atoms with E-state index in [0.29, 0.717) is 0 Å². The first kappa shape index (κ1) is 46.8. The van der Waals surface area contributed by atoms with Crippen molar-refractivity contribution in [2.24, 2.45) is 0 Å². The molecule has 356 valence electrons. The van der Waals surface area contributed by atoms with Crippen LogP contribution in [0.25, 0.3) is 20.2 Å². The Labute approximate surface area is 427 Å². The smallest absolute Gasteiger partial charge is 0.252 e. The Bertz CT molecular complexity index is 3330. The summed E-state index contributed by atoms with van der Waals surface area (Å²) in [5.41, 5.74) is 22.0. The van der Waals surface area contributed by atoms with Gasteiger partial charge in [-0.05, 0) is 186 Å². The number of unbranched alkanes of at least 4 members (excludes halogenated alkanes) is 4. The normalized spacial score (nSPS) is 12.9. The number of hydrogen-bond acceptors (Lipinski definition) is 4. The second-order valence-electron chi connectivity index (χ2n) is 21.3. The molecule has 5 heteroatoms. The van der Waals surface area contributed by atoms with Crippen LogP contribution in [0.2, 0.25) is 0 Å². The highest BCUT2D eigenvalue weighted by atomic mass is 32.1. The maximum atomic E-state index is 2.70. The Morgan fingerprint density at radius 1 is 0.479 bits per heavy atom. The Morgan fingerprint density at radius 2 is 1.13 bits per heavy atom. The molecule has 0 saturated carbocycles. The fourth-order valence-electron chi connectivity index (χ4n) is 11.5. The van der Waals surface area contributed by atoms with Crippen molar-refractivity contribution in [1.82, 2.24) is 0 Å². The fraction of sp³-hybridized carbons (Fsp3) is 0.273. The Kier molecular flexibility index (Phi) is 12.9. The standard InChI is InChI=1S/C66H68BN3S/c1-8-11-16-23-47-30-36-58-57(41-47)67-56-35-34-53(68(50-24-17-14-18-25-50)51-26-19-15-20-27-51)44-59(56)69(52-32-28-46(29-33-52)21-12-9-2)60-38-45(4)39-61(64(60)67)70(58)62-42-48(22-13-10-3)40-55-54-43-49(66(5,6)7)31-37-63(54)71-65(55)62/h14-15,17-20,24-44H,8-13,16,21-23H2,1-7H3. The van der Waals surface area contributed by atoms with Gasteiger partial charge in [0.25, 0.3) is 6.71 Å². The van der Waals surface area contributed by atoms with Gasteiger partial charge in [-0.3, -0.25) is 0 Å². The summed E-state index contributed by atoms with van der Waals surface area (Å²) in [6, 6.07) is 63.4. The van der Waals surface area contributed by atoms with Gasteiger partial charge in [0, 0.05) is 61.0 Å². The molecule has 9 aromatic rings. The molecule has 0 unspecified atom stereocenters. The van der Waals surface area contributed by atoms with E-state index in [9.17, 15) is 0 Å². The van der Waals surface area contributed by atoms with Gasteiger partial charge < -0.3 is 14.7 Å². The van der Waals surface area contributed by atoms with Crippen LogP contribution in [0.1, 0.15) is 114 Å². The number of aryl methyl sites for hydroxylation is 4. The summed E-state index contributed by atoms with van der Waals surface area (Å²) in [6.07, 6.45) is 11.6. The van der Waals surface area contributed by atoms with E-state index in [2.05, 4.69) is 227 Å². The summed E-state index contributed by atoms with van der Waals surface area (Å²) >= 11 is 1.97. The lowest BCUT2D eigenvalue weighted by molar-refractivity contribution is 0.591. The van der Waals surface area contributed by atoms with E-state index in [1.54, 1.807) is 0 Å². The summed E-state index contributed by atoms with van der Waals surface area (Å²) in [7, 11) is 0. The van der Waals surface area contributed by atoms with Crippen molar-refractivity contribution in [3.8, 4) is 0 Å². The molecule has 0 saturated heterocycles. The molecular weight excluding hydrogens is 878 g/mol. The van der Waals surface area contributed by atoms with Crippen molar-refractivity contribution in [3.05, 3.63) is 192 Å². The predicted octanol–water partition coefficient (Wildman–Crippen LogP) is 17.6. The van der Waals surface area contributed by atoms with E-state index in [1.807, 2.05) is 11.3 Å². The monoisotopic (exact) mass is 946 g/mol. The van der Waals surface area contributed by atoms with Crippen LogP contribution in [0.4, 0.5) is 51.2 Å². The average molecular weight is 946 g/mol. The van der Waals surface area contributed by atoms with Gasteiger partial charge in [-0.15, -0.1) is 11.3 Å². The predicted molar refractivity (Wildman–Crippen MR) is 312 cm³/mol. The topological polar surface area (TPSA) is 9.72 Å². The van der Waals surface area contributed by atoms with E-state index in [1.165, 1.54) is 131 Å². The minimum absolute atomic E-state index is 0.0273. The minimum atomic E-state index is 0.0273. The summed E-state index contributed by atoms with van der Waals surface area (Å²) in [6.45, 7) is 16.3. The van der Waals surface area contributed by atoms with Crippen LogP contribution in [0, 0.1) is 6.92 Å². The molecule has 0 aliphatic carbocycles. The van der Waals surface area contributed by atoms with Crippen LogP contribution in [-0.4, -0.2) is 6.71 Å². The van der Waals surface area contributed by atoms with Gasteiger partial charge in [0.05, 0.1) is 10.4 Å². The quantitative estimate of drug-likeness (QED) is 0.0749. The number of nitrogens with zero attached hydrogens (tertiary/aromatic N) is 3. The maximum Gasteiger partial charge on any atom is 0.252 e. The first-order valence-corrected chi connectivity index (χ1v) is 27.5. The van der Waals surface area contributed by atoms with Crippen LogP contribution < -0.4 is 31.1 Å². The number of para-hydroxylation sites is 2. The largest absolute Gasteiger partial charge is 0.311 e. The van der Waals surface area contributed by atoms with Gasteiger partial charge in [0.15, 0.2) is 0 Å². The Morgan fingerprint density at radius 3 is 1.80 bits per heavy atom. The molecule has 8 aromatic carbocycles. The van der Waals surface area contributed by atoms with E-state index in [0.717, 1.165) is 49.2 Å². The zero-order chi connectivity index (χ0) is 48.8. The third-order valence-corrected chi connectivity index (χ3v) is 16.4. The molecule has 11 rings (SSSR count). The van der Waals surface area contributed by atoms with Gasteiger partial charge in [-0.2, -0.15) is 0 Å². The fourth-order valence-corrected chi connectivity index (χ4v) is 12.6. The average Bonchev–Trinajstić information content (AvgIpc) is 3.76. The summed E-state index contributed by atoms with van der Waals surface area (Å²) in [5.74, 6) is 0. The minimum Gasteiger partial charge on any atom is -0.311 e. The molecule has 0 bridgehead atoms. The van der Waals surface area contributed by atoms with Crippen molar-refractivity contribution in [1.29, 1.82) is 0 Å². The highest BCUT2D eigenvalue weighted by molar-refractivity contribution is 7.26. The number of fused-ring (bicyclic) bond motifs is 7. The van der Waals surface area contributed by atoms with Crippen LogP contribution in [0.3, 0.4) is 0 Å². The van der Waals surface area contributed by atoms with Crippen molar-refractivity contribution < 1.29 is 0 Å². The lowest BCUT2D eigenvalue weighted by Crippen LogP contribution is -2.61. The van der Waals surface area contributed by atoms with Crippen LogP contribution in [0.15, 0.2) is 164 Å². The van der Waals surface area contributed by atoms with E-state index in [4.69, 9.17) is 0 Å². The molecule has 0 atom stereocenters. The maximum absolute atomic E-state index is 2.70. The lowest BCUT2D eigenvalue weighted by atomic mass is 9.33. The Hall–Kier alpha value is -6.56. The van der Waals surface area contributed by atoms with Crippen molar-refractivity contribution >= 4 is 106 Å². The molecular formula is C66H68BN3S. The molecule has 0 amide bonds. The van der Waals surface area contributed by atoms with Crippen LogP contribution in [-0.2, 0) is 24.7 Å². The zero-order valence-electron chi connectivity index (χ0n) is 43.0. The molecule has 71 heavy (non-hydrogen) atoms. The van der Waals surface area contributed by atoms with Crippen molar-refractivity contribution in [2.45, 2.75) is 118 Å². The first-order chi connectivity index (χ1) is 34.6. The molecule has 2 aliphatic heterocycles. The number of thiophene rings is 1. The molecule has 0 spiro atoms. The highest BCUT2D eigenvalue weighted by Crippen LogP contribution is 2.50. The zero-order valence-corrected chi connectivity index (χ0v) is 43.8. The van der Waals surface area contributed by atoms with Crippen molar-refractivity contribution in [2.75, 3.05) is 14.7 Å². The van der Waals surface area contributed by atoms with Crippen LogP contribution in [0.5, 0.6) is 0 Å². The molecule has 1 aromatic heterocycles. The van der Waals surface area contributed by atoms with E-state index in [-0.39, 0.29) is 12.1 Å². The van der Waals surface area contributed by atoms with E-state index >= 15 is 0 Å². The van der Waals surface area contributed by atoms with Crippen LogP contribution >= 0.6 is 11.3 Å². The third-order valence-electron chi connectivity index (χ3n) is 15.2. The van der Waals surface area contributed by atoms with Gasteiger partial charge in [-0.25, -0.2) is 0 Å². The highest BCUT2D eigenvalue weighted by Gasteiger charge is 2.44. The molecule has 3 nitrogen and oxygen atoms in total. The second kappa shape index (κ2) is 19.6. The summed E-state index contributed by atoms with van der Waals surface area (Å²) in [5, 5.41) is 2.76. The molecule has 0 radical (unpaired) electrons. The van der Waals surface area contributed by atoms with Gasteiger partial charge in [0.1, 0.15) is 0 Å². The van der Waals surface area contributed by atoms with Gasteiger partial charge in [-0.1, -0.05) is 140 Å². The molecule has 0 fully saturated rings. The number of anilines is 9. The third kappa shape index (κ3) is 8.75. The molecule has 0 N–H and O–H groups in total. The lowest BCUT2D eigenvalue weighted by Gasteiger charge is -2.45.